The Morgan fingerprint density at radius 3 is 2.62 bits per heavy atom. The molecule has 1 aromatic carbocycles. The number of amides is 1. The molecule has 1 aliphatic heterocycles. The maximum atomic E-state index is 12.4. The summed E-state index contributed by atoms with van der Waals surface area (Å²) in [6, 6.07) is 9.48. The molecule has 0 atom stereocenters. The van der Waals surface area contributed by atoms with Gasteiger partial charge in [-0.1, -0.05) is 0 Å². The van der Waals surface area contributed by atoms with Gasteiger partial charge in [-0.3, -0.25) is 9.69 Å². The van der Waals surface area contributed by atoms with E-state index in [0.717, 1.165) is 31.6 Å². The molecule has 0 spiro atoms. The van der Waals surface area contributed by atoms with E-state index in [9.17, 15) is 4.79 Å². The van der Waals surface area contributed by atoms with Gasteiger partial charge in [0.15, 0.2) is 0 Å². The molecule has 1 aromatic heterocycles. The summed E-state index contributed by atoms with van der Waals surface area (Å²) in [5.41, 5.74) is 7.42. The number of ether oxygens (including phenoxy) is 1. The van der Waals surface area contributed by atoms with Gasteiger partial charge in [0.2, 0.25) is 5.91 Å². The fraction of sp³-hybridized carbons (Fsp3) is 0.429. The van der Waals surface area contributed by atoms with Crippen LogP contribution in [0.15, 0.2) is 36.5 Å². The third-order valence-corrected chi connectivity index (χ3v) is 5.18. The van der Waals surface area contributed by atoms with Crippen molar-refractivity contribution in [1.29, 1.82) is 0 Å². The van der Waals surface area contributed by atoms with Gasteiger partial charge in [0.05, 0.1) is 17.9 Å². The van der Waals surface area contributed by atoms with Crippen molar-refractivity contribution in [3.05, 3.63) is 36.5 Å². The molecule has 4 N–H and O–H groups in total. The van der Waals surface area contributed by atoms with Gasteiger partial charge in [0.25, 0.3) is 0 Å². The standard InChI is InChI=1S/C21H30N6O2/c1-23-19-5-4-16(12-18(19)22)29-17-6-9-24-20(13-17)25-21(28)14-27-10-7-15(8-11-27)26(2)3/h4-6,9,12-13,15,23H,7-8,10-11,14,22H2,1-3H3,(H,24,25,28). The lowest BCUT2D eigenvalue weighted by atomic mass is 10.0. The number of benzene rings is 1. The molecule has 3 rings (SSSR count). The number of nitrogens with zero attached hydrogens (tertiary/aromatic N) is 3. The van der Waals surface area contributed by atoms with E-state index in [1.165, 1.54) is 0 Å². The van der Waals surface area contributed by atoms with Crippen molar-refractivity contribution in [3.8, 4) is 11.5 Å². The Kier molecular flexibility index (Phi) is 6.90. The second-order valence-electron chi connectivity index (χ2n) is 7.50. The summed E-state index contributed by atoms with van der Waals surface area (Å²) in [5.74, 6) is 1.60. The lowest BCUT2D eigenvalue weighted by molar-refractivity contribution is -0.117. The summed E-state index contributed by atoms with van der Waals surface area (Å²) in [6.45, 7) is 2.22. The number of aromatic nitrogens is 1. The monoisotopic (exact) mass is 398 g/mol. The SMILES string of the molecule is CNc1ccc(Oc2ccnc(NC(=O)CN3CCC(N(C)C)CC3)c2)cc1N. The van der Waals surface area contributed by atoms with Gasteiger partial charge in [0.1, 0.15) is 17.3 Å². The molecule has 156 valence electrons. The van der Waals surface area contributed by atoms with Gasteiger partial charge >= 0.3 is 0 Å². The molecule has 1 saturated heterocycles. The minimum Gasteiger partial charge on any atom is -0.457 e. The molecule has 8 nitrogen and oxygen atoms in total. The lowest BCUT2D eigenvalue weighted by Crippen LogP contribution is -2.44. The first kappa shape index (κ1) is 20.9. The molecule has 0 radical (unpaired) electrons. The Morgan fingerprint density at radius 2 is 1.97 bits per heavy atom. The molecule has 2 heterocycles. The molecule has 2 aromatic rings. The van der Waals surface area contributed by atoms with Crippen LogP contribution in [-0.4, -0.2) is 67.5 Å². The number of likely N-dealkylation sites (tertiary alicyclic amines) is 1. The number of nitrogen functional groups attached to an aromatic ring is 1. The van der Waals surface area contributed by atoms with Gasteiger partial charge in [0, 0.05) is 44.5 Å². The third kappa shape index (κ3) is 5.82. The maximum absolute atomic E-state index is 12.4. The van der Waals surface area contributed by atoms with E-state index in [0.29, 0.717) is 35.6 Å². The fourth-order valence-electron chi connectivity index (χ4n) is 3.49. The van der Waals surface area contributed by atoms with Crippen molar-refractivity contribution in [3.63, 3.8) is 0 Å². The summed E-state index contributed by atoms with van der Waals surface area (Å²) in [4.78, 5) is 21.1. The highest BCUT2D eigenvalue weighted by Crippen LogP contribution is 2.28. The molecule has 29 heavy (non-hydrogen) atoms. The highest BCUT2D eigenvalue weighted by molar-refractivity contribution is 5.91. The summed E-state index contributed by atoms with van der Waals surface area (Å²) in [6.07, 6.45) is 3.77. The summed E-state index contributed by atoms with van der Waals surface area (Å²) in [7, 11) is 6.03. The van der Waals surface area contributed by atoms with Gasteiger partial charge in [-0.2, -0.15) is 0 Å². The first-order chi connectivity index (χ1) is 13.9. The number of hydrogen-bond donors (Lipinski definition) is 3. The predicted octanol–water partition coefficient (Wildman–Crippen LogP) is 2.46. The van der Waals surface area contributed by atoms with E-state index in [1.54, 1.807) is 24.4 Å². The molecule has 1 fully saturated rings. The Morgan fingerprint density at radius 1 is 1.24 bits per heavy atom. The zero-order chi connectivity index (χ0) is 20.8. The smallest absolute Gasteiger partial charge is 0.239 e. The van der Waals surface area contributed by atoms with Crippen LogP contribution in [0.5, 0.6) is 11.5 Å². The largest absolute Gasteiger partial charge is 0.457 e. The van der Waals surface area contributed by atoms with Gasteiger partial charge in [-0.25, -0.2) is 4.98 Å². The van der Waals surface area contributed by atoms with Crippen LogP contribution in [0.2, 0.25) is 0 Å². The van der Waals surface area contributed by atoms with Crippen LogP contribution in [0, 0.1) is 0 Å². The van der Waals surface area contributed by atoms with E-state index in [2.05, 4.69) is 39.5 Å². The highest BCUT2D eigenvalue weighted by atomic mass is 16.5. The number of rotatable bonds is 7. The third-order valence-electron chi connectivity index (χ3n) is 5.18. The van der Waals surface area contributed by atoms with Gasteiger partial charge < -0.3 is 26.0 Å². The molecule has 0 aliphatic carbocycles. The number of piperidine rings is 1. The van der Waals surface area contributed by atoms with E-state index in [-0.39, 0.29) is 5.91 Å². The molecule has 0 bridgehead atoms. The van der Waals surface area contributed by atoms with E-state index >= 15 is 0 Å². The second-order valence-corrected chi connectivity index (χ2v) is 7.50. The second kappa shape index (κ2) is 9.58. The minimum absolute atomic E-state index is 0.0689. The lowest BCUT2D eigenvalue weighted by Gasteiger charge is -2.34. The van der Waals surface area contributed by atoms with Crippen LogP contribution in [0.25, 0.3) is 0 Å². The normalized spacial score (nSPS) is 15.3. The van der Waals surface area contributed by atoms with E-state index < -0.39 is 0 Å². The first-order valence-corrected chi connectivity index (χ1v) is 9.84. The molecule has 1 amide bonds. The number of anilines is 3. The number of carbonyl (C=O) groups excluding carboxylic acids is 1. The zero-order valence-corrected chi connectivity index (χ0v) is 17.3. The van der Waals surface area contributed by atoms with Gasteiger partial charge in [-0.05, 0) is 45.1 Å². The van der Waals surface area contributed by atoms with Crippen LogP contribution in [0.1, 0.15) is 12.8 Å². The summed E-state index contributed by atoms with van der Waals surface area (Å²) < 4.78 is 5.85. The molecule has 0 saturated carbocycles. The number of carbonyl (C=O) groups is 1. The Hall–Kier alpha value is -2.84. The number of pyridine rings is 1. The van der Waals surface area contributed by atoms with Crippen molar-refractivity contribution in [2.24, 2.45) is 0 Å². The minimum atomic E-state index is -0.0689. The van der Waals surface area contributed by atoms with E-state index in [4.69, 9.17) is 10.5 Å². The quantitative estimate of drug-likeness (QED) is 0.617. The molecule has 0 unspecified atom stereocenters. The number of nitrogens with one attached hydrogen (secondary N) is 2. The van der Waals surface area contributed by atoms with Crippen LogP contribution in [0.4, 0.5) is 17.2 Å². The Labute approximate surface area is 172 Å². The van der Waals surface area contributed by atoms with E-state index in [1.807, 2.05) is 19.2 Å². The van der Waals surface area contributed by atoms with Crippen molar-refractivity contribution in [1.82, 2.24) is 14.8 Å². The van der Waals surface area contributed by atoms with Crippen molar-refractivity contribution >= 4 is 23.1 Å². The van der Waals surface area contributed by atoms with Crippen LogP contribution >= 0.6 is 0 Å². The average molecular weight is 399 g/mol. The zero-order valence-electron chi connectivity index (χ0n) is 17.3. The van der Waals surface area contributed by atoms with Crippen LogP contribution < -0.4 is 21.1 Å². The van der Waals surface area contributed by atoms with Gasteiger partial charge in [-0.15, -0.1) is 0 Å². The van der Waals surface area contributed by atoms with Crippen molar-refractivity contribution in [2.75, 3.05) is 57.1 Å². The summed E-state index contributed by atoms with van der Waals surface area (Å²) >= 11 is 0. The predicted molar refractivity (Wildman–Crippen MR) is 116 cm³/mol. The van der Waals surface area contributed by atoms with Crippen LogP contribution in [0.3, 0.4) is 0 Å². The summed E-state index contributed by atoms with van der Waals surface area (Å²) in [5, 5.41) is 5.88. The first-order valence-electron chi connectivity index (χ1n) is 9.84. The van der Waals surface area contributed by atoms with Crippen molar-refractivity contribution < 1.29 is 9.53 Å². The molecule has 1 aliphatic rings. The fourth-order valence-corrected chi connectivity index (χ4v) is 3.49. The van der Waals surface area contributed by atoms with Crippen molar-refractivity contribution in [2.45, 2.75) is 18.9 Å². The average Bonchev–Trinajstić information content (AvgIpc) is 2.69. The molecular weight excluding hydrogens is 368 g/mol. The van der Waals surface area contributed by atoms with Crippen LogP contribution in [-0.2, 0) is 4.79 Å². The topological polar surface area (TPSA) is 95.7 Å². The number of nitrogens with two attached hydrogens (primary N) is 1. The Bertz CT molecular complexity index is 834. The molecule has 8 heteroatoms. The highest BCUT2D eigenvalue weighted by Gasteiger charge is 2.22. The molecular formula is C21H30N6O2. The maximum Gasteiger partial charge on any atom is 0.239 e. The number of hydrogen-bond acceptors (Lipinski definition) is 7. The Balaban J connectivity index is 1.54.